The Hall–Kier alpha value is -2.22. The summed E-state index contributed by atoms with van der Waals surface area (Å²) >= 11 is 0. The number of aromatic nitrogens is 2. The molecule has 2 N–H and O–H groups in total. The number of amides is 2. The van der Waals surface area contributed by atoms with Gasteiger partial charge in [-0.1, -0.05) is 13.8 Å². The predicted molar refractivity (Wildman–Crippen MR) is 110 cm³/mol. The van der Waals surface area contributed by atoms with Crippen LogP contribution in [0.5, 0.6) is 0 Å². The summed E-state index contributed by atoms with van der Waals surface area (Å²) in [5, 5.41) is 11.0. The van der Waals surface area contributed by atoms with Crippen LogP contribution in [0, 0.1) is 19.3 Å². The van der Waals surface area contributed by atoms with Gasteiger partial charge in [-0.05, 0) is 39.0 Å². The summed E-state index contributed by atoms with van der Waals surface area (Å²) in [7, 11) is 0. The number of nitrogens with zero attached hydrogens (tertiary/aromatic N) is 3. The summed E-state index contributed by atoms with van der Waals surface area (Å²) in [4.78, 5) is 39.0. The monoisotopic (exact) mass is 403 g/mol. The maximum atomic E-state index is 12.7. The molecule has 29 heavy (non-hydrogen) atoms. The van der Waals surface area contributed by atoms with E-state index in [1.54, 1.807) is 4.68 Å². The molecule has 2 aliphatic rings. The highest BCUT2D eigenvalue weighted by atomic mass is 16.2. The first kappa shape index (κ1) is 21.5. The normalized spacial score (nSPS) is 21.0. The molecule has 2 aliphatic heterocycles. The van der Waals surface area contributed by atoms with Crippen molar-refractivity contribution in [1.82, 2.24) is 25.3 Å². The molecule has 0 aliphatic carbocycles. The van der Waals surface area contributed by atoms with Crippen LogP contribution in [0.4, 0.5) is 0 Å². The van der Waals surface area contributed by atoms with E-state index >= 15 is 0 Å². The summed E-state index contributed by atoms with van der Waals surface area (Å²) in [6.07, 6.45) is 1.57. The molecule has 1 aromatic heterocycles. The molecule has 8 heteroatoms. The van der Waals surface area contributed by atoms with E-state index in [4.69, 9.17) is 0 Å². The Morgan fingerprint density at radius 2 is 1.79 bits per heavy atom. The number of hydrogen-bond acceptors (Lipinski definition) is 5. The van der Waals surface area contributed by atoms with Gasteiger partial charge in [0.05, 0.1) is 11.3 Å². The van der Waals surface area contributed by atoms with Crippen LogP contribution in [0.3, 0.4) is 0 Å². The lowest BCUT2D eigenvalue weighted by atomic mass is 9.86. The summed E-state index contributed by atoms with van der Waals surface area (Å²) < 4.78 is 1.75. The molecule has 2 saturated heterocycles. The number of nitrogens with one attached hydrogen (secondary N) is 2. The van der Waals surface area contributed by atoms with Crippen LogP contribution in [-0.4, -0.2) is 64.0 Å². The van der Waals surface area contributed by atoms with Gasteiger partial charge in [0.15, 0.2) is 5.78 Å². The van der Waals surface area contributed by atoms with Crippen molar-refractivity contribution in [1.29, 1.82) is 0 Å². The van der Waals surface area contributed by atoms with E-state index < -0.39 is 5.54 Å². The quantitative estimate of drug-likeness (QED) is 0.737. The number of Topliss-reactive ketones (excluding diaryl/α,β-unsaturated/α-hetero) is 1. The fourth-order valence-corrected chi connectivity index (χ4v) is 4.37. The van der Waals surface area contributed by atoms with Gasteiger partial charge in [-0.3, -0.25) is 19.1 Å². The van der Waals surface area contributed by atoms with Crippen molar-refractivity contribution in [3.63, 3.8) is 0 Å². The van der Waals surface area contributed by atoms with Gasteiger partial charge in [-0.15, -0.1) is 0 Å². The lowest BCUT2D eigenvalue weighted by Gasteiger charge is -2.40. The van der Waals surface area contributed by atoms with Gasteiger partial charge in [0.2, 0.25) is 11.8 Å². The van der Waals surface area contributed by atoms with E-state index in [9.17, 15) is 14.4 Å². The number of carbonyl (C=O) groups excluding carboxylic acids is 3. The van der Waals surface area contributed by atoms with Crippen molar-refractivity contribution in [2.45, 2.75) is 66.0 Å². The third kappa shape index (κ3) is 4.37. The Morgan fingerprint density at radius 1 is 1.14 bits per heavy atom. The largest absolute Gasteiger partial charge is 0.354 e. The highest BCUT2D eigenvalue weighted by Gasteiger charge is 2.44. The number of hydrogen-bond donors (Lipinski definition) is 2. The van der Waals surface area contributed by atoms with Crippen molar-refractivity contribution in [3.05, 3.63) is 17.0 Å². The van der Waals surface area contributed by atoms with Crippen molar-refractivity contribution in [2.24, 2.45) is 5.41 Å². The van der Waals surface area contributed by atoms with Gasteiger partial charge in [-0.2, -0.15) is 5.10 Å². The molecule has 0 bridgehead atoms. The third-order valence-electron chi connectivity index (χ3n) is 6.31. The molecular formula is C21H33N5O3. The molecule has 3 rings (SSSR count). The summed E-state index contributed by atoms with van der Waals surface area (Å²) in [6, 6.07) is 0. The molecule has 8 nitrogen and oxygen atoms in total. The first-order valence-electron chi connectivity index (χ1n) is 10.4. The minimum atomic E-state index is -0.573. The SMILES string of the molecule is CC(=O)c1c(C)nn(CCC(=O)N2CCC3(CC2)NCC(C)(C)CNC3=O)c1C. The fourth-order valence-electron chi connectivity index (χ4n) is 4.37. The van der Waals surface area contributed by atoms with Crippen LogP contribution >= 0.6 is 0 Å². The Kier molecular flexibility index (Phi) is 5.85. The van der Waals surface area contributed by atoms with E-state index in [1.807, 2.05) is 18.7 Å². The zero-order valence-corrected chi connectivity index (χ0v) is 18.2. The molecule has 0 saturated carbocycles. The standard InChI is InChI=1S/C21H33N5O3/c1-14-18(16(3)27)15(2)26(24-14)9-6-17(28)25-10-7-21(8-11-25)19(29)22-12-20(4,5)13-23-21/h23H,6-13H2,1-5H3,(H,22,29). The van der Waals surface area contributed by atoms with E-state index in [0.717, 1.165) is 12.2 Å². The Morgan fingerprint density at radius 3 is 2.38 bits per heavy atom. The Labute approximate surface area is 172 Å². The molecular weight excluding hydrogens is 370 g/mol. The van der Waals surface area contributed by atoms with Gasteiger partial charge in [0.25, 0.3) is 0 Å². The number of rotatable bonds is 4. The third-order valence-corrected chi connectivity index (χ3v) is 6.31. The minimum absolute atomic E-state index is 0.00346. The average Bonchev–Trinajstić information content (AvgIpc) is 2.90. The highest BCUT2D eigenvalue weighted by molar-refractivity contribution is 5.96. The van der Waals surface area contributed by atoms with Gasteiger partial charge in [0.1, 0.15) is 5.54 Å². The Bertz CT molecular complexity index is 819. The highest BCUT2D eigenvalue weighted by Crippen LogP contribution is 2.27. The molecule has 160 valence electrons. The van der Waals surface area contributed by atoms with Gasteiger partial charge >= 0.3 is 0 Å². The molecule has 3 heterocycles. The van der Waals surface area contributed by atoms with Crippen LogP contribution in [0.25, 0.3) is 0 Å². The van der Waals surface area contributed by atoms with E-state index in [1.165, 1.54) is 6.92 Å². The molecule has 1 spiro atoms. The lowest BCUT2D eigenvalue weighted by Crippen LogP contribution is -2.61. The van der Waals surface area contributed by atoms with Crippen LogP contribution in [0.2, 0.25) is 0 Å². The summed E-state index contributed by atoms with van der Waals surface area (Å²) in [6.45, 7) is 12.5. The lowest BCUT2D eigenvalue weighted by molar-refractivity contribution is -0.137. The number of carbonyl (C=O) groups is 3. The second-order valence-corrected chi connectivity index (χ2v) is 9.24. The van der Waals surface area contributed by atoms with E-state index in [-0.39, 0.29) is 23.0 Å². The maximum Gasteiger partial charge on any atom is 0.240 e. The zero-order valence-electron chi connectivity index (χ0n) is 18.2. The smallest absolute Gasteiger partial charge is 0.240 e. The van der Waals surface area contributed by atoms with E-state index in [2.05, 4.69) is 29.6 Å². The number of piperidine rings is 1. The van der Waals surface area contributed by atoms with Crippen LogP contribution in [-0.2, 0) is 16.1 Å². The predicted octanol–water partition coefficient (Wildman–Crippen LogP) is 1.20. The minimum Gasteiger partial charge on any atom is -0.354 e. The first-order chi connectivity index (χ1) is 13.5. The number of likely N-dealkylation sites (tertiary alicyclic amines) is 1. The fraction of sp³-hybridized carbons (Fsp3) is 0.714. The van der Waals surface area contributed by atoms with Crippen molar-refractivity contribution < 1.29 is 14.4 Å². The molecule has 0 atom stereocenters. The second kappa shape index (κ2) is 7.89. The molecule has 1 aromatic rings. The van der Waals surface area contributed by atoms with Gasteiger partial charge in [0, 0.05) is 44.8 Å². The Balaban J connectivity index is 1.57. The summed E-state index contributed by atoms with van der Waals surface area (Å²) in [5.74, 6) is 0.108. The molecule has 2 fully saturated rings. The van der Waals surface area contributed by atoms with Crippen LogP contribution < -0.4 is 10.6 Å². The topological polar surface area (TPSA) is 96.3 Å². The van der Waals surface area contributed by atoms with Crippen molar-refractivity contribution in [2.75, 3.05) is 26.2 Å². The average molecular weight is 404 g/mol. The van der Waals surface area contributed by atoms with E-state index in [0.29, 0.717) is 56.7 Å². The van der Waals surface area contributed by atoms with Crippen molar-refractivity contribution >= 4 is 17.6 Å². The summed E-state index contributed by atoms with van der Waals surface area (Å²) in [5.41, 5.74) is 1.60. The van der Waals surface area contributed by atoms with Crippen LogP contribution in [0.15, 0.2) is 0 Å². The van der Waals surface area contributed by atoms with Gasteiger partial charge in [-0.25, -0.2) is 0 Å². The first-order valence-corrected chi connectivity index (χ1v) is 10.4. The molecule has 0 unspecified atom stereocenters. The van der Waals surface area contributed by atoms with Gasteiger partial charge < -0.3 is 15.5 Å². The second-order valence-electron chi connectivity index (χ2n) is 9.24. The zero-order chi connectivity index (χ0) is 21.4. The van der Waals surface area contributed by atoms with Crippen molar-refractivity contribution in [3.8, 4) is 0 Å². The number of ketones is 1. The molecule has 2 amide bonds. The van der Waals surface area contributed by atoms with Crippen LogP contribution in [0.1, 0.15) is 61.8 Å². The molecule has 0 aromatic carbocycles. The number of aryl methyl sites for hydroxylation is 2. The maximum absolute atomic E-state index is 12.7. The molecule has 0 radical (unpaired) electrons.